The zero-order valence-electron chi connectivity index (χ0n) is 11.5. The number of rotatable bonds is 6. The highest BCUT2D eigenvalue weighted by Crippen LogP contribution is 2.09. The number of nitrogens with zero attached hydrogens (tertiary/aromatic N) is 2. The normalized spacial score (nSPS) is 9.81. The molecule has 1 N–H and O–H groups in total. The molecule has 0 unspecified atom stereocenters. The molecule has 0 aliphatic heterocycles. The molecule has 1 rings (SSSR count). The van der Waals surface area contributed by atoms with Crippen LogP contribution in [0.15, 0.2) is 18.2 Å². The van der Waals surface area contributed by atoms with E-state index in [9.17, 15) is 18.4 Å². The topological polar surface area (TPSA) is 73.2 Å². The first kappa shape index (κ1) is 16.6. The first-order valence-corrected chi connectivity index (χ1v) is 6.37. The van der Waals surface area contributed by atoms with E-state index in [0.29, 0.717) is 19.0 Å². The van der Waals surface area contributed by atoms with Crippen LogP contribution in [-0.2, 0) is 4.79 Å². The number of nitrogens with one attached hydrogen (secondary N) is 1. The summed E-state index contributed by atoms with van der Waals surface area (Å²) < 4.78 is 26.1. The average molecular weight is 295 g/mol. The van der Waals surface area contributed by atoms with Gasteiger partial charge in [0.25, 0.3) is 5.91 Å². The fourth-order valence-corrected chi connectivity index (χ4v) is 1.68. The molecule has 0 saturated heterocycles. The third kappa shape index (κ3) is 4.84. The number of carbonyl (C=O) groups is 2. The molecule has 0 heterocycles. The van der Waals surface area contributed by atoms with E-state index in [4.69, 9.17) is 5.26 Å². The number of hydrogen-bond acceptors (Lipinski definition) is 3. The Labute approximate surface area is 121 Å². The molecule has 5 nitrogen and oxygen atoms in total. The Kier molecular flexibility index (Phi) is 6.27. The van der Waals surface area contributed by atoms with Gasteiger partial charge in [0.15, 0.2) is 0 Å². The van der Waals surface area contributed by atoms with Crippen LogP contribution in [0.4, 0.5) is 8.78 Å². The largest absolute Gasteiger partial charge is 0.343 e. The molecule has 0 spiro atoms. The van der Waals surface area contributed by atoms with Crippen LogP contribution in [0.1, 0.15) is 23.7 Å². The van der Waals surface area contributed by atoms with E-state index in [0.717, 1.165) is 12.1 Å². The van der Waals surface area contributed by atoms with Crippen LogP contribution in [0.25, 0.3) is 0 Å². The Hall–Kier alpha value is -2.49. The Morgan fingerprint density at radius 1 is 1.38 bits per heavy atom. The van der Waals surface area contributed by atoms with Gasteiger partial charge in [-0.1, -0.05) is 6.92 Å². The summed E-state index contributed by atoms with van der Waals surface area (Å²) >= 11 is 0. The Bertz CT molecular complexity index is 570. The third-order valence-electron chi connectivity index (χ3n) is 2.68. The smallest absolute Gasteiger partial charge is 0.254 e. The SMILES string of the molecule is CCCN(CC#N)C(=O)CNC(=O)c1ccc(F)cc1F. The molecule has 7 heteroatoms. The van der Waals surface area contributed by atoms with E-state index in [2.05, 4.69) is 5.32 Å². The van der Waals surface area contributed by atoms with Gasteiger partial charge in [-0.05, 0) is 18.6 Å². The van der Waals surface area contributed by atoms with E-state index in [1.165, 1.54) is 4.90 Å². The van der Waals surface area contributed by atoms with Gasteiger partial charge in [0.1, 0.15) is 18.2 Å². The van der Waals surface area contributed by atoms with Crippen molar-refractivity contribution in [3.8, 4) is 6.07 Å². The summed E-state index contributed by atoms with van der Waals surface area (Å²) in [6.45, 7) is 1.82. The molecule has 1 aromatic rings. The van der Waals surface area contributed by atoms with Crippen LogP contribution in [0.3, 0.4) is 0 Å². The molecule has 0 aromatic heterocycles. The maximum Gasteiger partial charge on any atom is 0.254 e. The van der Waals surface area contributed by atoms with Gasteiger partial charge in [-0.25, -0.2) is 8.78 Å². The van der Waals surface area contributed by atoms with Crippen LogP contribution in [0, 0.1) is 23.0 Å². The van der Waals surface area contributed by atoms with E-state index < -0.39 is 23.4 Å². The summed E-state index contributed by atoms with van der Waals surface area (Å²) in [5, 5.41) is 10.9. The highest BCUT2D eigenvalue weighted by Gasteiger charge is 2.16. The van der Waals surface area contributed by atoms with Crippen LogP contribution in [0.5, 0.6) is 0 Å². The predicted molar refractivity (Wildman–Crippen MR) is 71.2 cm³/mol. The molecule has 0 radical (unpaired) electrons. The lowest BCUT2D eigenvalue weighted by Gasteiger charge is -2.18. The van der Waals surface area contributed by atoms with E-state index in [-0.39, 0.29) is 18.7 Å². The second-order valence-corrected chi connectivity index (χ2v) is 4.28. The average Bonchev–Trinajstić information content (AvgIpc) is 2.44. The zero-order chi connectivity index (χ0) is 15.8. The maximum absolute atomic E-state index is 13.4. The highest BCUT2D eigenvalue weighted by atomic mass is 19.1. The second-order valence-electron chi connectivity index (χ2n) is 4.28. The summed E-state index contributed by atoms with van der Waals surface area (Å²) in [6.07, 6.45) is 0.675. The first-order valence-electron chi connectivity index (χ1n) is 6.37. The van der Waals surface area contributed by atoms with Crippen LogP contribution in [0.2, 0.25) is 0 Å². The van der Waals surface area contributed by atoms with Gasteiger partial charge < -0.3 is 10.2 Å². The maximum atomic E-state index is 13.4. The molecule has 0 aliphatic carbocycles. The van der Waals surface area contributed by atoms with Crippen molar-refractivity contribution in [3.63, 3.8) is 0 Å². The minimum absolute atomic E-state index is 0.0759. The Morgan fingerprint density at radius 2 is 2.10 bits per heavy atom. The number of carbonyl (C=O) groups excluding carboxylic acids is 2. The van der Waals surface area contributed by atoms with Crippen molar-refractivity contribution in [1.82, 2.24) is 10.2 Å². The molecular formula is C14H15F2N3O2. The summed E-state index contributed by atoms with van der Waals surface area (Å²) in [5.41, 5.74) is -0.341. The number of benzene rings is 1. The van der Waals surface area contributed by atoms with Crippen LogP contribution >= 0.6 is 0 Å². The predicted octanol–water partition coefficient (Wildman–Crippen LogP) is 1.46. The van der Waals surface area contributed by atoms with Crippen molar-refractivity contribution in [2.24, 2.45) is 0 Å². The lowest BCUT2D eigenvalue weighted by molar-refractivity contribution is -0.129. The third-order valence-corrected chi connectivity index (χ3v) is 2.68. The van der Waals surface area contributed by atoms with Gasteiger partial charge in [-0.3, -0.25) is 9.59 Å². The molecule has 0 saturated carbocycles. The Balaban J connectivity index is 2.63. The quantitative estimate of drug-likeness (QED) is 0.807. The van der Waals surface area contributed by atoms with Gasteiger partial charge in [0, 0.05) is 12.6 Å². The van der Waals surface area contributed by atoms with Gasteiger partial charge in [0.05, 0.1) is 18.2 Å². The second kappa shape index (κ2) is 7.94. The van der Waals surface area contributed by atoms with E-state index in [1.807, 2.05) is 13.0 Å². The summed E-state index contributed by atoms with van der Waals surface area (Å²) in [5.74, 6) is -3.03. The Morgan fingerprint density at radius 3 is 2.67 bits per heavy atom. The van der Waals surface area contributed by atoms with Crippen molar-refractivity contribution in [3.05, 3.63) is 35.4 Å². The highest BCUT2D eigenvalue weighted by molar-refractivity contribution is 5.96. The van der Waals surface area contributed by atoms with Crippen LogP contribution in [-0.4, -0.2) is 36.3 Å². The van der Waals surface area contributed by atoms with Crippen molar-refractivity contribution in [2.75, 3.05) is 19.6 Å². The standard InChI is InChI=1S/C14H15F2N3O2/c1-2-6-19(7-5-17)13(20)9-18-14(21)11-4-3-10(15)8-12(11)16/h3-4,8H,2,6-7,9H2,1H3,(H,18,21). The van der Waals surface area contributed by atoms with Gasteiger partial charge in [-0.15, -0.1) is 0 Å². The first-order chi connectivity index (χ1) is 9.99. The van der Waals surface area contributed by atoms with E-state index >= 15 is 0 Å². The summed E-state index contributed by atoms with van der Waals surface area (Å²) in [6, 6.07) is 4.41. The van der Waals surface area contributed by atoms with E-state index in [1.54, 1.807) is 0 Å². The van der Waals surface area contributed by atoms with Crippen molar-refractivity contribution in [2.45, 2.75) is 13.3 Å². The molecule has 0 atom stereocenters. The molecule has 1 aromatic carbocycles. The van der Waals surface area contributed by atoms with Crippen molar-refractivity contribution >= 4 is 11.8 Å². The number of amides is 2. The number of halogens is 2. The fraction of sp³-hybridized carbons (Fsp3) is 0.357. The number of hydrogen-bond donors (Lipinski definition) is 1. The molecule has 0 fully saturated rings. The lowest BCUT2D eigenvalue weighted by atomic mass is 10.2. The van der Waals surface area contributed by atoms with Crippen molar-refractivity contribution < 1.29 is 18.4 Å². The molecule has 2 amide bonds. The van der Waals surface area contributed by atoms with Gasteiger partial charge >= 0.3 is 0 Å². The van der Waals surface area contributed by atoms with Gasteiger partial charge in [0.2, 0.25) is 5.91 Å². The molecule has 112 valence electrons. The summed E-state index contributed by atoms with van der Waals surface area (Å²) in [7, 11) is 0. The summed E-state index contributed by atoms with van der Waals surface area (Å²) in [4.78, 5) is 24.8. The zero-order valence-corrected chi connectivity index (χ0v) is 11.5. The van der Waals surface area contributed by atoms with Crippen molar-refractivity contribution in [1.29, 1.82) is 5.26 Å². The molecule has 0 aliphatic rings. The number of nitriles is 1. The minimum Gasteiger partial charge on any atom is -0.343 e. The minimum atomic E-state index is -0.998. The lowest BCUT2D eigenvalue weighted by Crippen LogP contribution is -2.41. The van der Waals surface area contributed by atoms with Gasteiger partial charge in [-0.2, -0.15) is 5.26 Å². The monoisotopic (exact) mass is 295 g/mol. The molecular weight excluding hydrogens is 280 g/mol. The van der Waals surface area contributed by atoms with Crippen LogP contribution < -0.4 is 5.32 Å². The molecule has 0 bridgehead atoms. The molecule has 21 heavy (non-hydrogen) atoms. The fourth-order valence-electron chi connectivity index (χ4n) is 1.68.